The van der Waals surface area contributed by atoms with E-state index in [9.17, 15) is 0 Å². The Balaban J connectivity index is 1.24. The van der Waals surface area contributed by atoms with E-state index in [1.807, 2.05) is 0 Å². The van der Waals surface area contributed by atoms with Gasteiger partial charge in [0, 0.05) is 69.5 Å². The largest absolute Gasteiger partial charge is 0.298 e. The summed E-state index contributed by atoms with van der Waals surface area (Å²) in [6, 6.07) is 4.15. The van der Waals surface area contributed by atoms with Crippen molar-refractivity contribution in [2.45, 2.75) is 56.9 Å². The van der Waals surface area contributed by atoms with Crippen LogP contribution in [0.2, 0.25) is 0 Å². The van der Waals surface area contributed by atoms with Gasteiger partial charge in [0.15, 0.2) is 0 Å². The van der Waals surface area contributed by atoms with E-state index in [-0.39, 0.29) is 0 Å². The lowest BCUT2D eigenvalue weighted by atomic mass is 9.96. The van der Waals surface area contributed by atoms with Crippen molar-refractivity contribution in [1.82, 2.24) is 19.6 Å². The number of fused-ring (bicyclic) bond motifs is 2. The quantitative estimate of drug-likeness (QED) is 0.747. The first-order valence-corrected chi connectivity index (χ1v) is 8.56. The van der Waals surface area contributed by atoms with Gasteiger partial charge in [0.2, 0.25) is 0 Å². The highest BCUT2D eigenvalue weighted by atomic mass is 15.4. The van der Waals surface area contributed by atoms with Crippen molar-refractivity contribution < 1.29 is 0 Å². The summed E-state index contributed by atoms with van der Waals surface area (Å²) < 4.78 is 0. The second kappa shape index (κ2) is 4.94. The molecule has 0 radical (unpaired) electrons. The molecule has 4 fully saturated rings. The number of hydrogen-bond donors (Lipinski definition) is 0. The Morgan fingerprint density at radius 2 is 1.15 bits per heavy atom. The monoisotopic (exact) mass is 278 g/mol. The molecule has 0 saturated carbocycles. The molecule has 0 spiro atoms. The van der Waals surface area contributed by atoms with E-state index in [0.29, 0.717) is 0 Å². The lowest BCUT2D eigenvalue weighted by Crippen LogP contribution is -2.71. The summed E-state index contributed by atoms with van der Waals surface area (Å²) in [6.45, 7) is 12.6. The Bertz CT molecular complexity index is 345. The van der Waals surface area contributed by atoms with Gasteiger partial charge >= 0.3 is 0 Å². The molecule has 4 rings (SSSR count). The third-order valence-corrected chi connectivity index (χ3v) is 6.42. The Hall–Kier alpha value is -0.160. The van der Waals surface area contributed by atoms with Crippen molar-refractivity contribution in [3.63, 3.8) is 0 Å². The smallest absolute Gasteiger partial charge is 0.0352 e. The molecule has 0 N–H and O–H groups in total. The van der Waals surface area contributed by atoms with E-state index < -0.39 is 0 Å². The van der Waals surface area contributed by atoms with Gasteiger partial charge in [-0.2, -0.15) is 0 Å². The van der Waals surface area contributed by atoms with Crippen LogP contribution < -0.4 is 0 Å². The van der Waals surface area contributed by atoms with Crippen LogP contribution in [0.3, 0.4) is 0 Å². The first-order valence-electron chi connectivity index (χ1n) is 8.56. The third-order valence-electron chi connectivity index (χ3n) is 6.42. The summed E-state index contributed by atoms with van der Waals surface area (Å²) in [5, 5.41) is 0. The van der Waals surface area contributed by atoms with Crippen LogP contribution in [-0.4, -0.2) is 96.1 Å². The van der Waals surface area contributed by atoms with Crippen LogP contribution in [0.4, 0.5) is 0 Å². The minimum Gasteiger partial charge on any atom is -0.298 e. The van der Waals surface area contributed by atoms with Crippen molar-refractivity contribution >= 4 is 0 Å². The van der Waals surface area contributed by atoms with E-state index in [0.717, 1.165) is 30.2 Å². The zero-order chi connectivity index (χ0) is 13.9. The van der Waals surface area contributed by atoms with E-state index in [2.05, 4.69) is 40.5 Å². The van der Waals surface area contributed by atoms with Gasteiger partial charge in [-0.1, -0.05) is 0 Å². The molecule has 0 aromatic heterocycles. The van der Waals surface area contributed by atoms with Crippen LogP contribution in [0.25, 0.3) is 0 Å². The lowest BCUT2D eigenvalue weighted by molar-refractivity contribution is -0.0734. The van der Waals surface area contributed by atoms with Crippen LogP contribution in [0.5, 0.6) is 0 Å². The molecule has 2 bridgehead atoms. The normalized spacial score (nSPS) is 38.4. The molecule has 4 aliphatic heterocycles. The summed E-state index contributed by atoms with van der Waals surface area (Å²) in [7, 11) is 2.33. The molecule has 2 atom stereocenters. The van der Waals surface area contributed by atoms with Gasteiger partial charge in [-0.05, 0) is 33.7 Å². The van der Waals surface area contributed by atoms with Crippen LogP contribution in [0, 0.1) is 0 Å². The van der Waals surface area contributed by atoms with Crippen LogP contribution in [-0.2, 0) is 0 Å². The predicted molar refractivity (Wildman–Crippen MR) is 82.0 cm³/mol. The highest BCUT2D eigenvalue weighted by molar-refractivity contribution is 5.02. The first kappa shape index (κ1) is 13.5. The molecule has 0 amide bonds. The molecule has 0 aromatic carbocycles. The summed E-state index contributed by atoms with van der Waals surface area (Å²) in [5.74, 6) is 0. The zero-order valence-electron chi connectivity index (χ0n) is 13.3. The van der Waals surface area contributed by atoms with E-state index in [4.69, 9.17) is 0 Å². The van der Waals surface area contributed by atoms with Gasteiger partial charge in [-0.25, -0.2) is 0 Å². The number of rotatable bonds is 3. The molecule has 4 saturated heterocycles. The molecule has 4 heterocycles. The van der Waals surface area contributed by atoms with Gasteiger partial charge < -0.3 is 0 Å². The predicted octanol–water partition coefficient (Wildman–Crippen LogP) is 0.542. The Kier molecular flexibility index (Phi) is 3.33. The second-order valence-corrected chi connectivity index (χ2v) is 7.81. The van der Waals surface area contributed by atoms with Gasteiger partial charge in [0.1, 0.15) is 0 Å². The van der Waals surface area contributed by atoms with E-state index in [1.54, 1.807) is 0 Å². The Labute approximate surface area is 123 Å². The fourth-order valence-corrected chi connectivity index (χ4v) is 4.60. The van der Waals surface area contributed by atoms with Gasteiger partial charge in [0.05, 0.1) is 0 Å². The SMILES string of the molecule is CC(C)N1CC(N2CC(N3CC4CCC(C3)N4C)C2)C1. The van der Waals surface area contributed by atoms with Crippen molar-refractivity contribution in [2.75, 3.05) is 46.3 Å². The lowest BCUT2D eigenvalue weighted by Gasteiger charge is -2.56. The number of piperazine rings is 1. The molecule has 4 aliphatic rings. The number of hydrogen-bond acceptors (Lipinski definition) is 4. The molecule has 0 aliphatic carbocycles. The molecule has 4 heteroatoms. The minimum atomic E-state index is 0.733. The summed E-state index contributed by atoms with van der Waals surface area (Å²) in [6.07, 6.45) is 2.86. The maximum atomic E-state index is 2.80. The molecule has 114 valence electrons. The number of nitrogens with zero attached hydrogens (tertiary/aromatic N) is 4. The van der Waals surface area contributed by atoms with Gasteiger partial charge in [-0.3, -0.25) is 19.6 Å². The minimum absolute atomic E-state index is 0.733. The van der Waals surface area contributed by atoms with Crippen LogP contribution in [0.15, 0.2) is 0 Å². The third kappa shape index (κ3) is 2.12. The average molecular weight is 278 g/mol. The number of likely N-dealkylation sites (N-methyl/N-ethyl adjacent to an activating group) is 1. The van der Waals surface area contributed by atoms with Crippen LogP contribution >= 0.6 is 0 Å². The zero-order valence-corrected chi connectivity index (χ0v) is 13.3. The van der Waals surface area contributed by atoms with Crippen molar-refractivity contribution in [3.8, 4) is 0 Å². The average Bonchev–Trinajstić information content (AvgIpc) is 2.54. The molecule has 20 heavy (non-hydrogen) atoms. The Morgan fingerprint density at radius 3 is 1.65 bits per heavy atom. The van der Waals surface area contributed by atoms with Gasteiger partial charge in [-0.15, -0.1) is 0 Å². The molecular weight excluding hydrogens is 248 g/mol. The second-order valence-electron chi connectivity index (χ2n) is 7.81. The van der Waals surface area contributed by atoms with Crippen molar-refractivity contribution in [1.29, 1.82) is 0 Å². The standard InChI is InChI=1S/C16H30N4/c1-12(2)18-8-15(9-18)20-10-16(11-20)19-6-13-4-5-14(7-19)17(13)3/h12-16H,4-11H2,1-3H3. The molecular formula is C16H30N4. The topological polar surface area (TPSA) is 13.0 Å². The number of likely N-dealkylation sites (tertiary alicyclic amines) is 3. The van der Waals surface area contributed by atoms with Crippen molar-refractivity contribution in [3.05, 3.63) is 0 Å². The molecule has 0 aromatic rings. The summed E-state index contributed by atoms with van der Waals surface area (Å²) in [5.41, 5.74) is 0. The van der Waals surface area contributed by atoms with E-state index in [1.165, 1.54) is 52.1 Å². The van der Waals surface area contributed by atoms with E-state index >= 15 is 0 Å². The Morgan fingerprint density at radius 1 is 0.700 bits per heavy atom. The summed E-state index contributed by atoms with van der Waals surface area (Å²) >= 11 is 0. The maximum absolute atomic E-state index is 2.80. The fraction of sp³-hybridized carbons (Fsp3) is 1.00. The summed E-state index contributed by atoms with van der Waals surface area (Å²) in [4.78, 5) is 10.8. The highest BCUT2D eigenvalue weighted by Gasteiger charge is 2.45. The fourth-order valence-electron chi connectivity index (χ4n) is 4.60. The van der Waals surface area contributed by atoms with Crippen molar-refractivity contribution in [2.24, 2.45) is 0 Å². The first-order chi connectivity index (χ1) is 9.61. The maximum Gasteiger partial charge on any atom is 0.0352 e. The molecule has 2 unspecified atom stereocenters. The highest BCUT2D eigenvalue weighted by Crippen LogP contribution is 2.32. The van der Waals surface area contributed by atoms with Gasteiger partial charge in [0.25, 0.3) is 0 Å². The molecule has 4 nitrogen and oxygen atoms in total. The van der Waals surface area contributed by atoms with Crippen LogP contribution in [0.1, 0.15) is 26.7 Å².